The third kappa shape index (κ3) is 9.02. The minimum atomic E-state index is 0.341. The molecule has 21 heavy (non-hydrogen) atoms. The molecule has 0 heterocycles. The summed E-state index contributed by atoms with van der Waals surface area (Å²) in [6.45, 7) is 6.51. The molecule has 3 nitrogen and oxygen atoms in total. The lowest BCUT2D eigenvalue weighted by molar-refractivity contribution is 0.00671. The Morgan fingerprint density at radius 2 is 1.38 bits per heavy atom. The zero-order valence-corrected chi connectivity index (χ0v) is 14.5. The maximum Gasteiger partial charge on any atom is 0.0701 e. The topological polar surface area (TPSA) is 27.7 Å². The first-order valence-corrected chi connectivity index (χ1v) is 9.16. The van der Waals surface area contributed by atoms with Gasteiger partial charge < -0.3 is 14.2 Å². The molecule has 0 spiro atoms. The van der Waals surface area contributed by atoms with Gasteiger partial charge in [-0.25, -0.2) is 0 Å². The van der Waals surface area contributed by atoms with Crippen molar-refractivity contribution in [3.05, 3.63) is 0 Å². The molecule has 0 aromatic heterocycles. The lowest BCUT2D eigenvalue weighted by atomic mass is 9.73. The van der Waals surface area contributed by atoms with Gasteiger partial charge in [-0.05, 0) is 31.1 Å². The van der Waals surface area contributed by atoms with Gasteiger partial charge in [0, 0.05) is 19.1 Å². The van der Waals surface area contributed by atoms with E-state index in [9.17, 15) is 0 Å². The van der Waals surface area contributed by atoms with Gasteiger partial charge in [-0.1, -0.05) is 32.6 Å². The molecule has 0 bridgehead atoms. The molecule has 1 aliphatic carbocycles. The minimum Gasteiger partial charge on any atom is -0.379 e. The highest BCUT2D eigenvalue weighted by Gasteiger charge is 2.30. The van der Waals surface area contributed by atoms with Gasteiger partial charge in [0.15, 0.2) is 0 Å². The normalized spacial score (nSPS) is 18.0. The number of rotatable bonds is 13. The zero-order valence-electron chi connectivity index (χ0n) is 13.7. The van der Waals surface area contributed by atoms with Gasteiger partial charge in [0.25, 0.3) is 0 Å². The van der Waals surface area contributed by atoms with E-state index in [4.69, 9.17) is 25.8 Å². The quantitative estimate of drug-likeness (QED) is 0.371. The van der Waals surface area contributed by atoms with Crippen molar-refractivity contribution in [1.82, 2.24) is 0 Å². The zero-order chi connectivity index (χ0) is 15.2. The van der Waals surface area contributed by atoms with E-state index in [2.05, 4.69) is 6.92 Å². The van der Waals surface area contributed by atoms with Crippen LogP contribution in [0.25, 0.3) is 0 Å². The maximum absolute atomic E-state index is 6.18. The van der Waals surface area contributed by atoms with Crippen LogP contribution < -0.4 is 0 Å². The molecule has 0 saturated heterocycles. The SMILES string of the molecule is CCCCOCCOCCOCCC1(CCl)CCCCC1. The number of ether oxygens (including phenoxy) is 3. The van der Waals surface area contributed by atoms with E-state index in [-0.39, 0.29) is 0 Å². The first-order chi connectivity index (χ1) is 10.3. The van der Waals surface area contributed by atoms with Crippen molar-refractivity contribution < 1.29 is 14.2 Å². The maximum atomic E-state index is 6.18. The standard InChI is InChI=1S/C17H33ClO3/c1-2-3-10-19-12-14-21-15-13-20-11-9-17(16-18)7-5-4-6-8-17/h2-16H2,1H3. The third-order valence-corrected chi connectivity index (χ3v) is 4.93. The third-order valence-electron chi connectivity index (χ3n) is 4.36. The van der Waals surface area contributed by atoms with Crippen LogP contribution in [0.5, 0.6) is 0 Å². The molecule has 1 fully saturated rings. The summed E-state index contributed by atoms with van der Waals surface area (Å²) >= 11 is 6.18. The minimum absolute atomic E-state index is 0.341. The average Bonchev–Trinajstić information content (AvgIpc) is 2.53. The van der Waals surface area contributed by atoms with Crippen LogP contribution in [0.2, 0.25) is 0 Å². The Hall–Kier alpha value is 0.170. The van der Waals surface area contributed by atoms with Gasteiger partial charge in [0.2, 0.25) is 0 Å². The Kier molecular flexibility index (Phi) is 11.6. The predicted octanol–water partition coefficient (Wildman–Crippen LogP) is 4.42. The number of unbranched alkanes of at least 4 members (excludes halogenated alkanes) is 1. The molecule has 0 N–H and O–H groups in total. The highest BCUT2D eigenvalue weighted by molar-refractivity contribution is 6.18. The van der Waals surface area contributed by atoms with Crippen molar-refractivity contribution in [2.24, 2.45) is 5.41 Å². The summed E-state index contributed by atoms with van der Waals surface area (Å²) in [6.07, 6.45) is 9.97. The highest BCUT2D eigenvalue weighted by Crippen LogP contribution is 2.40. The molecular formula is C17H33ClO3. The first-order valence-electron chi connectivity index (χ1n) is 8.62. The van der Waals surface area contributed by atoms with Crippen LogP contribution in [0.3, 0.4) is 0 Å². The largest absolute Gasteiger partial charge is 0.379 e. The van der Waals surface area contributed by atoms with E-state index in [0.29, 0.717) is 31.8 Å². The number of alkyl halides is 1. The highest BCUT2D eigenvalue weighted by atomic mass is 35.5. The molecule has 0 aliphatic heterocycles. The van der Waals surface area contributed by atoms with E-state index >= 15 is 0 Å². The molecule has 0 unspecified atom stereocenters. The van der Waals surface area contributed by atoms with E-state index in [1.54, 1.807) is 0 Å². The number of hydrogen-bond acceptors (Lipinski definition) is 3. The van der Waals surface area contributed by atoms with Crippen LogP contribution in [-0.2, 0) is 14.2 Å². The summed E-state index contributed by atoms with van der Waals surface area (Å²) in [5.41, 5.74) is 0.341. The van der Waals surface area contributed by atoms with Gasteiger partial charge in [0.05, 0.1) is 26.4 Å². The Morgan fingerprint density at radius 3 is 1.95 bits per heavy atom. The monoisotopic (exact) mass is 320 g/mol. The second kappa shape index (κ2) is 12.7. The van der Waals surface area contributed by atoms with Crippen molar-refractivity contribution in [2.75, 3.05) is 45.5 Å². The smallest absolute Gasteiger partial charge is 0.0701 e. The molecule has 0 radical (unpaired) electrons. The molecular weight excluding hydrogens is 288 g/mol. The van der Waals surface area contributed by atoms with E-state index < -0.39 is 0 Å². The summed E-state index contributed by atoms with van der Waals surface area (Å²) < 4.78 is 16.6. The van der Waals surface area contributed by atoms with Gasteiger partial charge in [-0.3, -0.25) is 0 Å². The van der Waals surface area contributed by atoms with E-state index in [1.165, 1.54) is 38.5 Å². The number of hydrogen-bond donors (Lipinski definition) is 0. The molecule has 126 valence electrons. The van der Waals surface area contributed by atoms with Crippen LogP contribution in [0.4, 0.5) is 0 Å². The Morgan fingerprint density at radius 1 is 0.810 bits per heavy atom. The van der Waals surface area contributed by atoms with Crippen LogP contribution in [0.1, 0.15) is 58.3 Å². The van der Waals surface area contributed by atoms with Gasteiger partial charge in [-0.2, -0.15) is 0 Å². The fourth-order valence-electron chi connectivity index (χ4n) is 2.83. The average molecular weight is 321 g/mol. The fraction of sp³-hybridized carbons (Fsp3) is 1.00. The first kappa shape index (κ1) is 19.2. The Labute approximate surface area is 135 Å². The molecule has 0 aromatic rings. The van der Waals surface area contributed by atoms with Crippen LogP contribution in [0, 0.1) is 5.41 Å². The molecule has 0 aromatic carbocycles. The Bertz CT molecular complexity index is 230. The summed E-state index contributed by atoms with van der Waals surface area (Å²) in [5.74, 6) is 0.780. The van der Waals surface area contributed by atoms with Crippen molar-refractivity contribution in [1.29, 1.82) is 0 Å². The molecule has 0 atom stereocenters. The van der Waals surface area contributed by atoms with Crippen molar-refractivity contribution in [2.45, 2.75) is 58.3 Å². The molecule has 1 rings (SSSR count). The summed E-state index contributed by atoms with van der Waals surface area (Å²) in [7, 11) is 0. The summed E-state index contributed by atoms with van der Waals surface area (Å²) in [5, 5.41) is 0. The second-order valence-electron chi connectivity index (χ2n) is 6.13. The van der Waals surface area contributed by atoms with E-state index in [0.717, 1.165) is 31.9 Å². The summed E-state index contributed by atoms with van der Waals surface area (Å²) in [6, 6.07) is 0. The lowest BCUT2D eigenvalue weighted by Crippen LogP contribution is -2.28. The van der Waals surface area contributed by atoms with Crippen molar-refractivity contribution in [3.8, 4) is 0 Å². The Balaban J connectivity index is 1.87. The molecule has 1 aliphatic rings. The lowest BCUT2D eigenvalue weighted by Gasteiger charge is -2.35. The molecule has 4 heteroatoms. The molecule has 1 saturated carbocycles. The van der Waals surface area contributed by atoms with Crippen LogP contribution in [-0.4, -0.2) is 45.5 Å². The second-order valence-corrected chi connectivity index (χ2v) is 6.40. The summed E-state index contributed by atoms with van der Waals surface area (Å²) in [4.78, 5) is 0. The van der Waals surface area contributed by atoms with Gasteiger partial charge >= 0.3 is 0 Å². The predicted molar refractivity (Wildman–Crippen MR) is 88.2 cm³/mol. The van der Waals surface area contributed by atoms with Crippen LogP contribution in [0.15, 0.2) is 0 Å². The van der Waals surface area contributed by atoms with Gasteiger partial charge in [0.1, 0.15) is 0 Å². The van der Waals surface area contributed by atoms with Crippen molar-refractivity contribution >= 4 is 11.6 Å². The molecule has 0 amide bonds. The van der Waals surface area contributed by atoms with E-state index in [1.807, 2.05) is 0 Å². The fourth-order valence-corrected chi connectivity index (χ4v) is 3.23. The van der Waals surface area contributed by atoms with Crippen molar-refractivity contribution in [3.63, 3.8) is 0 Å². The van der Waals surface area contributed by atoms with Crippen LogP contribution >= 0.6 is 11.6 Å². The number of halogens is 1. The van der Waals surface area contributed by atoms with Gasteiger partial charge in [-0.15, -0.1) is 11.6 Å².